The molecule has 3 aliphatic rings. The molecule has 0 atom stereocenters. The monoisotopic (exact) mass is 518 g/mol. The zero-order valence-corrected chi connectivity index (χ0v) is 24.1. The van der Waals surface area contributed by atoms with Gasteiger partial charge in [0.1, 0.15) is 5.82 Å². The van der Waals surface area contributed by atoms with Crippen molar-refractivity contribution in [3.63, 3.8) is 0 Å². The molecule has 0 bridgehead atoms. The van der Waals surface area contributed by atoms with Gasteiger partial charge in [-0.05, 0) is 147 Å². The maximum absolute atomic E-state index is 15.3. The lowest BCUT2D eigenvalue weighted by molar-refractivity contribution is 0.0831. The van der Waals surface area contributed by atoms with E-state index in [1.54, 1.807) is 5.56 Å². The zero-order valence-electron chi connectivity index (χ0n) is 24.1. The van der Waals surface area contributed by atoms with Crippen LogP contribution in [-0.2, 0) is 4.74 Å². The quantitative estimate of drug-likeness (QED) is 0.300. The summed E-state index contributed by atoms with van der Waals surface area (Å²) in [4.78, 5) is 0. The molecule has 0 unspecified atom stereocenters. The summed E-state index contributed by atoms with van der Waals surface area (Å²) in [6.07, 6.45) is 17.3. The Kier molecular flexibility index (Phi) is 9.98. The Labute approximate surface area is 232 Å². The molecule has 0 aliphatic heterocycles. The Hall–Kier alpha value is -1.67. The van der Waals surface area contributed by atoms with Crippen molar-refractivity contribution in [2.75, 3.05) is 13.2 Å². The van der Waals surface area contributed by atoms with E-state index in [0.29, 0.717) is 23.7 Å². The normalized spacial score (nSPS) is 30.3. The molecular weight excluding hydrogens is 467 g/mol. The highest BCUT2D eigenvalue weighted by atomic mass is 19.1. The van der Waals surface area contributed by atoms with Crippen molar-refractivity contribution in [2.45, 2.75) is 127 Å². The summed E-state index contributed by atoms with van der Waals surface area (Å²) in [5, 5.41) is 0. The Bertz CT molecular complexity index is 973. The van der Waals surface area contributed by atoms with Gasteiger partial charge in [-0.1, -0.05) is 56.7 Å². The summed E-state index contributed by atoms with van der Waals surface area (Å²) < 4.78 is 21.1. The Morgan fingerprint density at radius 1 is 0.605 bits per heavy atom. The maximum atomic E-state index is 15.3. The lowest BCUT2D eigenvalue weighted by Crippen LogP contribution is -2.18. The molecule has 3 aliphatic carbocycles. The zero-order chi connectivity index (χ0) is 26.3. The molecule has 2 heteroatoms. The van der Waals surface area contributed by atoms with Crippen LogP contribution >= 0.6 is 0 Å². The average Bonchev–Trinajstić information content (AvgIpc) is 2.98. The first kappa shape index (κ1) is 27.9. The summed E-state index contributed by atoms with van der Waals surface area (Å²) in [7, 11) is 0. The number of rotatable bonds is 9. The number of ether oxygens (including phenoxy) is 1. The SMILES string of the molecule is CCCOCC1CCC(c2ccc(C3CCC(c4ccc(C5CCC(CC)CC5)cc4)CC3)c(F)c2)CC1. The van der Waals surface area contributed by atoms with Crippen LogP contribution in [-0.4, -0.2) is 13.2 Å². The third-order valence-electron chi connectivity index (χ3n) is 10.5. The highest BCUT2D eigenvalue weighted by Gasteiger charge is 2.28. The highest BCUT2D eigenvalue weighted by Crippen LogP contribution is 2.43. The molecule has 1 nitrogen and oxygen atoms in total. The van der Waals surface area contributed by atoms with Gasteiger partial charge in [-0.2, -0.15) is 0 Å². The molecule has 208 valence electrons. The fraction of sp³-hybridized carbons (Fsp3) is 0.667. The second kappa shape index (κ2) is 13.6. The van der Waals surface area contributed by atoms with Crippen LogP contribution in [0.5, 0.6) is 0 Å². The molecule has 0 radical (unpaired) electrons. The second-order valence-corrected chi connectivity index (χ2v) is 12.9. The van der Waals surface area contributed by atoms with Crippen molar-refractivity contribution < 1.29 is 9.13 Å². The third-order valence-corrected chi connectivity index (χ3v) is 10.5. The van der Waals surface area contributed by atoms with E-state index in [2.05, 4.69) is 50.2 Å². The van der Waals surface area contributed by atoms with Crippen LogP contribution in [0.25, 0.3) is 0 Å². The number of hydrogen-bond acceptors (Lipinski definition) is 1. The molecule has 0 heterocycles. The van der Waals surface area contributed by atoms with E-state index in [4.69, 9.17) is 4.74 Å². The van der Waals surface area contributed by atoms with Crippen LogP contribution in [0.1, 0.15) is 150 Å². The first-order chi connectivity index (χ1) is 18.6. The molecule has 0 aromatic heterocycles. The molecule has 0 saturated heterocycles. The summed E-state index contributed by atoms with van der Waals surface area (Å²) in [6, 6.07) is 15.9. The first-order valence-corrected chi connectivity index (χ1v) is 16.1. The summed E-state index contributed by atoms with van der Waals surface area (Å²) in [5.74, 6) is 3.98. The Balaban J connectivity index is 1.11. The molecule has 2 aromatic rings. The van der Waals surface area contributed by atoms with E-state index in [-0.39, 0.29) is 5.82 Å². The number of benzene rings is 2. The second-order valence-electron chi connectivity index (χ2n) is 12.9. The van der Waals surface area contributed by atoms with E-state index in [1.165, 1.54) is 81.8 Å². The largest absolute Gasteiger partial charge is 0.381 e. The van der Waals surface area contributed by atoms with Gasteiger partial charge in [0, 0.05) is 13.2 Å². The summed E-state index contributed by atoms with van der Waals surface area (Å²) in [5.41, 5.74) is 5.24. The van der Waals surface area contributed by atoms with E-state index >= 15 is 4.39 Å². The standard InChI is InChI=1S/C36H51FO/c1-3-23-38-25-27-7-11-32(12-8-27)34-21-22-35(36(37)24-34)33-19-17-31(18-20-33)30-15-13-29(14-16-30)28-9-5-26(4-2)6-10-28/h13-16,21-22,24,26-28,31-33H,3-12,17-20,23,25H2,1-2H3. The fourth-order valence-electron chi connectivity index (χ4n) is 7.87. The topological polar surface area (TPSA) is 9.23 Å². The van der Waals surface area contributed by atoms with Crippen LogP contribution in [0, 0.1) is 17.7 Å². The molecule has 0 spiro atoms. The molecule has 5 rings (SSSR count). The molecule has 3 saturated carbocycles. The molecule has 2 aromatic carbocycles. The van der Waals surface area contributed by atoms with Gasteiger partial charge in [0.2, 0.25) is 0 Å². The van der Waals surface area contributed by atoms with Crippen molar-refractivity contribution >= 4 is 0 Å². The minimum Gasteiger partial charge on any atom is -0.381 e. The van der Waals surface area contributed by atoms with Crippen molar-refractivity contribution in [3.05, 3.63) is 70.5 Å². The summed E-state index contributed by atoms with van der Waals surface area (Å²) in [6.45, 7) is 6.29. The van der Waals surface area contributed by atoms with E-state index in [0.717, 1.165) is 49.9 Å². The molecule has 0 N–H and O–H groups in total. The average molecular weight is 519 g/mol. The Morgan fingerprint density at radius 3 is 1.61 bits per heavy atom. The molecule has 3 fully saturated rings. The van der Waals surface area contributed by atoms with Crippen LogP contribution in [0.4, 0.5) is 4.39 Å². The van der Waals surface area contributed by atoms with Crippen LogP contribution in [0.15, 0.2) is 42.5 Å². The lowest BCUT2D eigenvalue weighted by Gasteiger charge is -2.31. The van der Waals surface area contributed by atoms with Crippen LogP contribution < -0.4 is 0 Å². The smallest absolute Gasteiger partial charge is 0.126 e. The van der Waals surface area contributed by atoms with Crippen molar-refractivity contribution in [2.24, 2.45) is 11.8 Å². The minimum atomic E-state index is 0.0431. The van der Waals surface area contributed by atoms with Gasteiger partial charge in [0.25, 0.3) is 0 Å². The summed E-state index contributed by atoms with van der Waals surface area (Å²) >= 11 is 0. The van der Waals surface area contributed by atoms with E-state index < -0.39 is 0 Å². The lowest BCUT2D eigenvalue weighted by atomic mass is 9.74. The van der Waals surface area contributed by atoms with Gasteiger partial charge < -0.3 is 4.74 Å². The van der Waals surface area contributed by atoms with Gasteiger partial charge in [-0.3, -0.25) is 0 Å². The minimum absolute atomic E-state index is 0.0431. The third kappa shape index (κ3) is 6.90. The van der Waals surface area contributed by atoms with Gasteiger partial charge >= 0.3 is 0 Å². The van der Waals surface area contributed by atoms with Crippen LogP contribution in [0.2, 0.25) is 0 Å². The van der Waals surface area contributed by atoms with Gasteiger partial charge in [0.15, 0.2) is 0 Å². The van der Waals surface area contributed by atoms with Crippen molar-refractivity contribution in [3.8, 4) is 0 Å². The van der Waals surface area contributed by atoms with Gasteiger partial charge in [-0.15, -0.1) is 0 Å². The predicted molar refractivity (Wildman–Crippen MR) is 158 cm³/mol. The highest BCUT2D eigenvalue weighted by molar-refractivity contribution is 5.32. The van der Waals surface area contributed by atoms with Gasteiger partial charge in [-0.25, -0.2) is 4.39 Å². The van der Waals surface area contributed by atoms with E-state index in [9.17, 15) is 0 Å². The fourth-order valence-corrected chi connectivity index (χ4v) is 7.87. The van der Waals surface area contributed by atoms with E-state index in [1.807, 2.05) is 6.07 Å². The molecular formula is C36H51FO. The first-order valence-electron chi connectivity index (χ1n) is 16.1. The maximum Gasteiger partial charge on any atom is 0.126 e. The molecule has 0 amide bonds. The van der Waals surface area contributed by atoms with Gasteiger partial charge in [0.05, 0.1) is 0 Å². The molecule has 38 heavy (non-hydrogen) atoms. The number of hydrogen-bond donors (Lipinski definition) is 0. The number of halogens is 1. The Morgan fingerprint density at radius 2 is 1.08 bits per heavy atom. The van der Waals surface area contributed by atoms with Crippen molar-refractivity contribution in [1.29, 1.82) is 0 Å². The predicted octanol–water partition coefficient (Wildman–Crippen LogP) is 10.7. The van der Waals surface area contributed by atoms with Crippen molar-refractivity contribution in [1.82, 2.24) is 0 Å². The van der Waals surface area contributed by atoms with Crippen LogP contribution in [0.3, 0.4) is 0 Å².